The number of rotatable bonds is 8. The number of carbonyl (C=O) groups excluding carboxylic acids is 1. The standard InChI is InChI=1S/C23H36O2Si/c1-17(2)26(18(3)4,19(5)6)25-22-14-10-11-20(15-22)16-23(24)21-12-8-7-9-13-21/h7-9,12-13,15,17-20H,10-11,14,16H2,1-6H3. The summed E-state index contributed by atoms with van der Waals surface area (Å²) in [6.45, 7) is 14.0. The fraction of sp³-hybridized carbons (Fsp3) is 0.609. The van der Waals surface area contributed by atoms with Crippen molar-refractivity contribution in [2.45, 2.75) is 83.8 Å². The highest BCUT2D eigenvalue weighted by Crippen LogP contribution is 2.45. The summed E-state index contributed by atoms with van der Waals surface area (Å²) in [5.41, 5.74) is 2.56. The van der Waals surface area contributed by atoms with Crippen LogP contribution in [0.5, 0.6) is 0 Å². The molecule has 26 heavy (non-hydrogen) atoms. The topological polar surface area (TPSA) is 26.3 Å². The first-order valence-corrected chi connectivity index (χ1v) is 12.4. The third-order valence-corrected chi connectivity index (χ3v) is 12.0. The van der Waals surface area contributed by atoms with E-state index in [0.717, 1.165) is 30.6 Å². The molecular weight excluding hydrogens is 336 g/mol. The van der Waals surface area contributed by atoms with E-state index in [1.807, 2.05) is 30.3 Å². The van der Waals surface area contributed by atoms with Gasteiger partial charge in [-0.3, -0.25) is 4.79 Å². The van der Waals surface area contributed by atoms with E-state index in [-0.39, 0.29) is 5.78 Å². The van der Waals surface area contributed by atoms with Crippen LogP contribution >= 0.6 is 0 Å². The molecule has 0 N–H and O–H groups in total. The lowest BCUT2D eigenvalue weighted by Gasteiger charge is -2.43. The summed E-state index contributed by atoms with van der Waals surface area (Å²) in [4.78, 5) is 12.6. The van der Waals surface area contributed by atoms with E-state index in [4.69, 9.17) is 4.43 Å². The molecule has 144 valence electrons. The SMILES string of the molecule is CC(C)[Si](OC1=CC(CC(=O)c2ccccc2)CCC1)(C(C)C)C(C)C. The number of allylic oxidation sites excluding steroid dienone is 2. The molecule has 0 saturated heterocycles. The van der Waals surface area contributed by atoms with E-state index in [1.54, 1.807) is 0 Å². The molecule has 0 radical (unpaired) electrons. The molecular formula is C23H36O2Si. The van der Waals surface area contributed by atoms with Crippen molar-refractivity contribution in [1.82, 2.24) is 0 Å². The third-order valence-electron chi connectivity index (χ3n) is 5.98. The van der Waals surface area contributed by atoms with Gasteiger partial charge in [-0.05, 0) is 41.5 Å². The smallest absolute Gasteiger partial charge is 0.258 e. The zero-order valence-electron chi connectivity index (χ0n) is 17.4. The maximum absolute atomic E-state index is 12.6. The second-order valence-electron chi connectivity index (χ2n) is 8.70. The van der Waals surface area contributed by atoms with Crippen molar-refractivity contribution in [3.05, 3.63) is 47.7 Å². The van der Waals surface area contributed by atoms with Gasteiger partial charge in [0.15, 0.2) is 5.78 Å². The predicted molar refractivity (Wildman–Crippen MR) is 113 cm³/mol. The minimum Gasteiger partial charge on any atom is -0.546 e. The van der Waals surface area contributed by atoms with Crippen molar-refractivity contribution in [3.63, 3.8) is 0 Å². The molecule has 0 aromatic heterocycles. The number of hydrogen-bond donors (Lipinski definition) is 0. The molecule has 1 atom stereocenters. The van der Waals surface area contributed by atoms with Crippen LogP contribution in [0, 0.1) is 5.92 Å². The van der Waals surface area contributed by atoms with Gasteiger partial charge in [0.1, 0.15) is 0 Å². The van der Waals surface area contributed by atoms with Gasteiger partial charge in [0.2, 0.25) is 0 Å². The van der Waals surface area contributed by atoms with Gasteiger partial charge in [0.05, 0.1) is 5.76 Å². The number of ketones is 1. The summed E-state index contributed by atoms with van der Waals surface area (Å²) in [5.74, 6) is 1.71. The molecule has 1 unspecified atom stereocenters. The minimum atomic E-state index is -1.90. The molecule has 2 nitrogen and oxygen atoms in total. The maximum atomic E-state index is 12.6. The predicted octanol–water partition coefficient (Wildman–Crippen LogP) is 7.14. The highest BCUT2D eigenvalue weighted by Gasteiger charge is 2.47. The molecule has 0 saturated carbocycles. The molecule has 0 bridgehead atoms. The van der Waals surface area contributed by atoms with Crippen molar-refractivity contribution in [1.29, 1.82) is 0 Å². The van der Waals surface area contributed by atoms with Crippen molar-refractivity contribution in [3.8, 4) is 0 Å². The number of carbonyl (C=O) groups is 1. The van der Waals surface area contributed by atoms with E-state index in [1.165, 1.54) is 0 Å². The van der Waals surface area contributed by atoms with Crippen molar-refractivity contribution >= 4 is 14.1 Å². The fourth-order valence-corrected chi connectivity index (χ4v) is 10.1. The van der Waals surface area contributed by atoms with Gasteiger partial charge in [-0.25, -0.2) is 0 Å². The summed E-state index contributed by atoms with van der Waals surface area (Å²) < 4.78 is 6.87. The van der Waals surface area contributed by atoms with Crippen LogP contribution in [0.15, 0.2) is 42.2 Å². The molecule has 0 amide bonds. The summed E-state index contributed by atoms with van der Waals surface area (Å²) in [7, 11) is -1.90. The Bertz CT molecular complexity index is 595. The zero-order chi connectivity index (χ0) is 19.3. The second kappa shape index (κ2) is 9.03. The quantitative estimate of drug-likeness (QED) is 0.358. The van der Waals surface area contributed by atoms with Crippen molar-refractivity contribution in [2.24, 2.45) is 5.92 Å². The lowest BCUT2D eigenvalue weighted by molar-refractivity contribution is 0.0965. The number of Topliss-reactive ketones (excluding diaryl/α,β-unsaturated/α-hetero) is 1. The van der Waals surface area contributed by atoms with Crippen molar-refractivity contribution in [2.75, 3.05) is 0 Å². The van der Waals surface area contributed by atoms with E-state index in [9.17, 15) is 4.79 Å². The number of benzene rings is 1. The minimum absolute atomic E-state index is 0.244. The van der Waals surface area contributed by atoms with Crippen LogP contribution in [0.25, 0.3) is 0 Å². The third kappa shape index (κ3) is 4.67. The van der Waals surface area contributed by atoms with Gasteiger partial charge >= 0.3 is 0 Å². The molecule has 0 aliphatic heterocycles. The maximum Gasteiger partial charge on any atom is 0.258 e. The van der Waals surface area contributed by atoms with Gasteiger partial charge in [-0.2, -0.15) is 0 Å². The van der Waals surface area contributed by atoms with E-state index >= 15 is 0 Å². The van der Waals surface area contributed by atoms with Crippen LogP contribution < -0.4 is 0 Å². The van der Waals surface area contributed by atoms with Gasteiger partial charge in [-0.15, -0.1) is 0 Å². The lowest BCUT2D eigenvalue weighted by atomic mass is 9.89. The monoisotopic (exact) mass is 372 g/mol. The normalized spacial score (nSPS) is 18.3. The van der Waals surface area contributed by atoms with Crippen LogP contribution in [-0.4, -0.2) is 14.1 Å². The van der Waals surface area contributed by atoms with Crippen LogP contribution in [0.2, 0.25) is 16.6 Å². The van der Waals surface area contributed by atoms with E-state index < -0.39 is 8.32 Å². The van der Waals surface area contributed by atoms with Crippen LogP contribution in [0.3, 0.4) is 0 Å². The molecule has 1 aromatic rings. The Morgan fingerprint density at radius 1 is 1.04 bits per heavy atom. The zero-order valence-corrected chi connectivity index (χ0v) is 18.4. The Morgan fingerprint density at radius 3 is 2.15 bits per heavy atom. The molecule has 0 spiro atoms. The summed E-state index contributed by atoms with van der Waals surface area (Å²) in [6.07, 6.45) is 6.11. The molecule has 3 heteroatoms. The van der Waals surface area contributed by atoms with E-state index in [0.29, 0.717) is 29.0 Å². The molecule has 1 aliphatic carbocycles. The Balaban J connectivity index is 2.15. The highest BCUT2D eigenvalue weighted by atomic mass is 28.4. The Hall–Kier alpha value is -1.35. The van der Waals surface area contributed by atoms with Gasteiger partial charge in [0.25, 0.3) is 8.32 Å². The van der Waals surface area contributed by atoms with Gasteiger partial charge in [-0.1, -0.05) is 71.9 Å². The van der Waals surface area contributed by atoms with Crippen LogP contribution in [0.1, 0.15) is 77.6 Å². The Labute approximate surface area is 161 Å². The summed E-state index contributed by atoms with van der Waals surface area (Å²) in [5, 5.41) is 0. The Morgan fingerprint density at radius 2 is 1.62 bits per heavy atom. The average molecular weight is 373 g/mol. The molecule has 0 fully saturated rings. The molecule has 0 heterocycles. The van der Waals surface area contributed by atoms with E-state index in [2.05, 4.69) is 47.6 Å². The summed E-state index contributed by atoms with van der Waals surface area (Å²) >= 11 is 0. The van der Waals surface area contributed by atoms with Gasteiger partial charge in [0, 0.05) is 18.4 Å². The first-order chi connectivity index (χ1) is 12.3. The average Bonchev–Trinajstić information content (AvgIpc) is 2.59. The first-order valence-electron chi connectivity index (χ1n) is 10.2. The molecule has 1 aliphatic rings. The highest BCUT2D eigenvalue weighted by molar-refractivity contribution is 6.77. The second-order valence-corrected chi connectivity index (χ2v) is 14.1. The van der Waals surface area contributed by atoms with Crippen LogP contribution in [0.4, 0.5) is 0 Å². The fourth-order valence-electron chi connectivity index (χ4n) is 4.77. The number of hydrogen-bond acceptors (Lipinski definition) is 2. The molecule has 2 rings (SSSR count). The first kappa shape index (κ1) is 21.0. The van der Waals surface area contributed by atoms with Gasteiger partial charge < -0.3 is 4.43 Å². The largest absolute Gasteiger partial charge is 0.546 e. The Kier molecular flexibility index (Phi) is 7.28. The summed E-state index contributed by atoms with van der Waals surface area (Å²) in [6, 6.07) is 9.66. The van der Waals surface area contributed by atoms with Crippen molar-refractivity contribution < 1.29 is 9.22 Å². The van der Waals surface area contributed by atoms with Crippen LogP contribution in [-0.2, 0) is 4.43 Å². The molecule has 1 aromatic carbocycles. The lowest BCUT2D eigenvalue weighted by Crippen LogP contribution is -2.47.